The molecule has 0 amide bonds. The number of phenolic OH excluding ortho intramolecular Hbond substituents is 1. The molecule has 0 atom stereocenters. The molecule has 0 unspecified atom stereocenters. The topological polar surface area (TPSA) is 85.2 Å². The van der Waals surface area contributed by atoms with Crippen LogP contribution >= 0.6 is 0 Å². The van der Waals surface area contributed by atoms with Crippen molar-refractivity contribution in [2.45, 2.75) is 25.7 Å². The van der Waals surface area contributed by atoms with E-state index in [0.717, 1.165) is 5.56 Å². The van der Waals surface area contributed by atoms with Crippen molar-refractivity contribution in [2.24, 2.45) is 10.9 Å². The van der Waals surface area contributed by atoms with E-state index >= 15 is 0 Å². The molecular formula is C20H25NO5S. The zero-order valence-electron chi connectivity index (χ0n) is 16.0. The first kappa shape index (κ1) is 20.8. The van der Waals surface area contributed by atoms with E-state index in [2.05, 4.69) is 18.8 Å². The van der Waals surface area contributed by atoms with Gasteiger partial charge < -0.3 is 14.6 Å². The first-order valence-corrected chi connectivity index (χ1v) is 10.3. The lowest BCUT2D eigenvalue weighted by Gasteiger charge is -2.12. The summed E-state index contributed by atoms with van der Waals surface area (Å²) in [6, 6.07) is 9.44. The van der Waals surface area contributed by atoms with E-state index in [1.807, 2.05) is 6.07 Å². The van der Waals surface area contributed by atoms with Gasteiger partial charge >= 0.3 is 0 Å². The van der Waals surface area contributed by atoms with Gasteiger partial charge in [0.2, 0.25) is 0 Å². The summed E-state index contributed by atoms with van der Waals surface area (Å²) in [7, 11) is -1.81. The summed E-state index contributed by atoms with van der Waals surface area (Å²) in [6.45, 7) is 6.27. The smallest absolute Gasteiger partial charge is 0.178 e. The Morgan fingerprint density at radius 2 is 1.89 bits per heavy atom. The van der Waals surface area contributed by atoms with E-state index in [9.17, 15) is 13.5 Å². The van der Waals surface area contributed by atoms with Crippen molar-refractivity contribution in [1.82, 2.24) is 0 Å². The molecular weight excluding hydrogens is 366 g/mol. The Morgan fingerprint density at radius 1 is 1.15 bits per heavy atom. The third kappa shape index (κ3) is 5.47. The van der Waals surface area contributed by atoms with E-state index in [1.165, 1.54) is 24.4 Å². The third-order valence-corrected chi connectivity index (χ3v) is 5.53. The molecule has 27 heavy (non-hydrogen) atoms. The highest BCUT2D eigenvalue weighted by atomic mass is 32.2. The highest BCUT2D eigenvalue weighted by molar-refractivity contribution is 7.91. The number of hydrogen-bond donors (Lipinski definition) is 1. The van der Waals surface area contributed by atoms with Crippen LogP contribution in [0.2, 0.25) is 0 Å². The number of rotatable bonds is 8. The lowest BCUT2D eigenvalue weighted by Crippen LogP contribution is -2.05. The van der Waals surface area contributed by atoms with E-state index < -0.39 is 9.84 Å². The number of aliphatic imine (C=N–C) groups is 1. The molecule has 146 valence electrons. The molecule has 0 saturated heterocycles. The number of benzene rings is 2. The van der Waals surface area contributed by atoms with Crippen LogP contribution in [0, 0.1) is 5.92 Å². The molecule has 7 heteroatoms. The fourth-order valence-corrected chi connectivity index (χ4v) is 3.15. The first-order valence-electron chi connectivity index (χ1n) is 8.67. The number of sulfone groups is 1. The van der Waals surface area contributed by atoms with Crippen molar-refractivity contribution in [3.8, 4) is 17.2 Å². The molecule has 0 fully saturated rings. The van der Waals surface area contributed by atoms with Crippen molar-refractivity contribution in [3.05, 3.63) is 42.0 Å². The predicted molar refractivity (Wildman–Crippen MR) is 106 cm³/mol. The summed E-state index contributed by atoms with van der Waals surface area (Å²) in [5.74, 6) is 1.50. The van der Waals surface area contributed by atoms with Crippen LogP contribution in [0.4, 0.5) is 5.69 Å². The van der Waals surface area contributed by atoms with Gasteiger partial charge in [0.25, 0.3) is 0 Å². The van der Waals surface area contributed by atoms with Gasteiger partial charge in [0, 0.05) is 6.21 Å². The van der Waals surface area contributed by atoms with Crippen LogP contribution in [-0.4, -0.2) is 39.2 Å². The SMILES string of the molecule is CCS(=O)(=O)c1ccc(O)c(N=Cc2ccc(OCC(C)C)c(OC)c2)c1. The number of phenols is 1. The molecule has 0 aliphatic carbocycles. The molecule has 0 radical (unpaired) electrons. The third-order valence-electron chi connectivity index (χ3n) is 3.80. The van der Waals surface area contributed by atoms with Gasteiger partial charge in [0.1, 0.15) is 11.4 Å². The van der Waals surface area contributed by atoms with Crippen LogP contribution < -0.4 is 9.47 Å². The van der Waals surface area contributed by atoms with Crippen LogP contribution in [0.5, 0.6) is 17.2 Å². The molecule has 2 rings (SSSR count). The van der Waals surface area contributed by atoms with Gasteiger partial charge in [0.15, 0.2) is 21.3 Å². The lowest BCUT2D eigenvalue weighted by atomic mass is 10.2. The Hall–Kier alpha value is -2.54. The molecule has 0 heterocycles. The molecule has 0 aliphatic rings. The predicted octanol–water partition coefficient (Wildman–Crippen LogP) is 3.98. The monoisotopic (exact) mass is 391 g/mol. The van der Waals surface area contributed by atoms with Crippen LogP contribution in [0.25, 0.3) is 0 Å². The Morgan fingerprint density at radius 3 is 2.52 bits per heavy atom. The lowest BCUT2D eigenvalue weighted by molar-refractivity contribution is 0.257. The number of methoxy groups -OCH3 is 1. The minimum absolute atomic E-state index is 0.0179. The molecule has 2 aromatic rings. The molecule has 1 N–H and O–H groups in total. The van der Waals surface area contributed by atoms with E-state index in [1.54, 1.807) is 26.2 Å². The quantitative estimate of drug-likeness (QED) is 0.688. The number of ether oxygens (including phenoxy) is 2. The fraction of sp³-hybridized carbons (Fsp3) is 0.350. The summed E-state index contributed by atoms with van der Waals surface area (Å²) in [5, 5.41) is 9.96. The van der Waals surface area contributed by atoms with Gasteiger partial charge in [-0.05, 0) is 47.9 Å². The highest BCUT2D eigenvalue weighted by Gasteiger charge is 2.13. The molecule has 0 bridgehead atoms. The van der Waals surface area contributed by atoms with Gasteiger partial charge in [-0.3, -0.25) is 4.99 Å². The standard InChI is InChI=1S/C20H25NO5S/c1-5-27(23,24)16-7-8-18(22)17(11-16)21-12-15-6-9-19(20(10-15)25-4)26-13-14(2)3/h6-12,14,22H,5,13H2,1-4H3. The van der Waals surface area contributed by atoms with Crippen LogP contribution in [0.1, 0.15) is 26.3 Å². The van der Waals surface area contributed by atoms with E-state index in [4.69, 9.17) is 9.47 Å². The van der Waals surface area contributed by atoms with Crippen molar-refractivity contribution in [1.29, 1.82) is 0 Å². The van der Waals surface area contributed by atoms with Gasteiger partial charge in [-0.15, -0.1) is 0 Å². The van der Waals surface area contributed by atoms with Crippen molar-refractivity contribution >= 4 is 21.7 Å². The van der Waals surface area contributed by atoms with E-state index in [0.29, 0.717) is 24.0 Å². The molecule has 6 nitrogen and oxygen atoms in total. The maximum atomic E-state index is 12.0. The maximum Gasteiger partial charge on any atom is 0.178 e. The van der Waals surface area contributed by atoms with Crippen LogP contribution in [0.3, 0.4) is 0 Å². The zero-order chi connectivity index (χ0) is 20.0. The van der Waals surface area contributed by atoms with Gasteiger partial charge in [-0.1, -0.05) is 20.8 Å². The molecule has 0 saturated carbocycles. The summed E-state index contributed by atoms with van der Waals surface area (Å²) < 4.78 is 35.1. The fourth-order valence-electron chi connectivity index (χ4n) is 2.25. The summed E-state index contributed by atoms with van der Waals surface area (Å²) in [6.07, 6.45) is 1.53. The normalized spacial score (nSPS) is 11.9. The van der Waals surface area contributed by atoms with Gasteiger partial charge in [-0.2, -0.15) is 0 Å². The number of hydrogen-bond acceptors (Lipinski definition) is 6. The van der Waals surface area contributed by atoms with Crippen molar-refractivity contribution < 1.29 is 23.0 Å². The Bertz CT molecular complexity index is 920. The highest BCUT2D eigenvalue weighted by Crippen LogP contribution is 2.31. The van der Waals surface area contributed by atoms with Crippen LogP contribution in [0.15, 0.2) is 46.3 Å². The average Bonchev–Trinajstić information content (AvgIpc) is 2.65. The Balaban J connectivity index is 2.29. The van der Waals surface area contributed by atoms with Gasteiger partial charge in [0.05, 0.1) is 24.4 Å². The van der Waals surface area contributed by atoms with Gasteiger partial charge in [-0.25, -0.2) is 8.42 Å². The second kappa shape index (κ2) is 8.90. The second-order valence-electron chi connectivity index (χ2n) is 6.43. The first-order chi connectivity index (χ1) is 12.8. The summed E-state index contributed by atoms with van der Waals surface area (Å²) in [5.41, 5.74) is 0.913. The largest absolute Gasteiger partial charge is 0.506 e. The second-order valence-corrected chi connectivity index (χ2v) is 8.71. The van der Waals surface area contributed by atoms with E-state index in [-0.39, 0.29) is 22.1 Å². The molecule has 0 spiro atoms. The molecule has 0 aliphatic heterocycles. The minimum atomic E-state index is -3.37. The molecule has 2 aromatic carbocycles. The zero-order valence-corrected chi connectivity index (χ0v) is 16.8. The summed E-state index contributed by atoms with van der Waals surface area (Å²) in [4.78, 5) is 4.36. The molecule has 0 aromatic heterocycles. The Kier molecular flexibility index (Phi) is 6.85. The van der Waals surface area contributed by atoms with Crippen molar-refractivity contribution in [3.63, 3.8) is 0 Å². The average molecular weight is 391 g/mol. The van der Waals surface area contributed by atoms with Crippen LogP contribution in [-0.2, 0) is 9.84 Å². The van der Waals surface area contributed by atoms with Crippen molar-refractivity contribution in [2.75, 3.05) is 19.5 Å². The number of aromatic hydroxyl groups is 1. The Labute approximate surface area is 160 Å². The minimum Gasteiger partial charge on any atom is -0.506 e. The maximum absolute atomic E-state index is 12.0. The summed E-state index contributed by atoms with van der Waals surface area (Å²) >= 11 is 0. The number of nitrogens with zero attached hydrogens (tertiary/aromatic N) is 1.